The molecule has 22 heavy (non-hydrogen) atoms. The Hall–Kier alpha value is -1.02. The second-order valence-electron chi connectivity index (χ2n) is 6.15. The maximum Gasteiger partial charge on any atom is 0.211 e. The van der Waals surface area contributed by atoms with Gasteiger partial charge in [-0.15, -0.1) is 0 Å². The van der Waals surface area contributed by atoms with Gasteiger partial charge in [0, 0.05) is 31.9 Å². The fraction of sp³-hybridized carbons (Fsp3) is 0.667. The first-order chi connectivity index (χ1) is 10.5. The zero-order valence-electron chi connectivity index (χ0n) is 12.8. The SMILES string of the molecule is CS(=O)(=O)N1CCC2(CC1)CC(OCc1ccncc1)CO2. The van der Waals surface area contributed by atoms with Crippen LogP contribution in [0.1, 0.15) is 24.8 Å². The van der Waals surface area contributed by atoms with Crippen molar-refractivity contribution in [1.29, 1.82) is 0 Å². The lowest BCUT2D eigenvalue weighted by Gasteiger charge is -2.37. The summed E-state index contributed by atoms with van der Waals surface area (Å²) in [6.45, 7) is 2.22. The molecule has 0 aliphatic carbocycles. The molecule has 7 heteroatoms. The van der Waals surface area contributed by atoms with E-state index in [2.05, 4.69) is 4.98 Å². The van der Waals surface area contributed by atoms with Gasteiger partial charge >= 0.3 is 0 Å². The fourth-order valence-corrected chi connectivity index (χ4v) is 4.02. The molecule has 0 amide bonds. The topological polar surface area (TPSA) is 68.7 Å². The van der Waals surface area contributed by atoms with Crippen LogP contribution in [-0.2, 0) is 26.1 Å². The van der Waals surface area contributed by atoms with Crippen LogP contribution in [0.4, 0.5) is 0 Å². The molecule has 0 N–H and O–H groups in total. The molecule has 122 valence electrons. The first kappa shape index (κ1) is 15.9. The van der Waals surface area contributed by atoms with E-state index in [1.807, 2.05) is 12.1 Å². The van der Waals surface area contributed by atoms with Gasteiger partial charge in [0.2, 0.25) is 10.0 Å². The zero-order valence-corrected chi connectivity index (χ0v) is 13.6. The summed E-state index contributed by atoms with van der Waals surface area (Å²) in [4.78, 5) is 3.99. The molecule has 2 aliphatic heterocycles. The minimum atomic E-state index is -3.09. The predicted molar refractivity (Wildman–Crippen MR) is 81.8 cm³/mol. The van der Waals surface area contributed by atoms with E-state index in [1.165, 1.54) is 10.6 Å². The normalized spacial score (nSPS) is 25.6. The lowest BCUT2D eigenvalue weighted by molar-refractivity contribution is -0.0342. The second kappa shape index (κ2) is 6.23. The summed E-state index contributed by atoms with van der Waals surface area (Å²) in [5, 5.41) is 0. The summed E-state index contributed by atoms with van der Waals surface area (Å²) in [5.74, 6) is 0. The van der Waals surface area contributed by atoms with Crippen molar-refractivity contribution in [2.45, 2.75) is 37.6 Å². The zero-order chi connectivity index (χ0) is 15.6. The summed E-state index contributed by atoms with van der Waals surface area (Å²) in [5.41, 5.74) is 0.896. The predicted octanol–water partition coefficient (Wildman–Crippen LogP) is 1.18. The monoisotopic (exact) mass is 326 g/mol. The number of piperidine rings is 1. The van der Waals surface area contributed by atoms with Crippen molar-refractivity contribution >= 4 is 10.0 Å². The molecule has 0 bridgehead atoms. The van der Waals surface area contributed by atoms with E-state index in [4.69, 9.17) is 9.47 Å². The van der Waals surface area contributed by atoms with E-state index in [-0.39, 0.29) is 11.7 Å². The average Bonchev–Trinajstić information content (AvgIpc) is 2.89. The van der Waals surface area contributed by atoms with Crippen LogP contribution in [0.25, 0.3) is 0 Å². The van der Waals surface area contributed by atoms with E-state index in [9.17, 15) is 8.42 Å². The van der Waals surface area contributed by atoms with E-state index in [0.717, 1.165) is 24.8 Å². The number of pyridine rings is 1. The van der Waals surface area contributed by atoms with Gasteiger partial charge in [-0.05, 0) is 30.5 Å². The van der Waals surface area contributed by atoms with E-state index < -0.39 is 10.0 Å². The number of hydrogen-bond donors (Lipinski definition) is 0. The van der Waals surface area contributed by atoms with Crippen molar-refractivity contribution in [2.75, 3.05) is 26.0 Å². The quantitative estimate of drug-likeness (QED) is 0.831. The molecule has 1 atom stereocenters. The van der Waals surface area contributed by atoms with Crippen molar-refractivity contribution in [3.05, 3.63) is 30.1 Å². The summed E-state index contributed by atoms with van der Waals surface area (Å²) in [6.07, 6.45) is 7.19. The Balaban J connectivity index is 1.50. The summed E-state index contributed by atoms with van der Waals surface area (Å²) >= 11 is 0. The van der Waals surface area contributed by atoms with Gasteiger partial charge in [0.1, 0.15) is 0 Å². The van der Waals surface area contributed by atoms with Crippen molar-refractivity contribution in [1.82, 2.24) is 9.29 Å². The minimum absolute atomic E-state index is 0.0814. The molecule has 0 saturated carbocycles. The summed E-state index contributed by atoms with van der Waals surface area (Å²) in [7, 11) is -3.09. The molecule has 2 aliphatic rings. The Labute approximate surface area is 131 Å². The number of hydrogen-bond acceptors (Lipinski definition) is 5. The van der Waals surface area contributed by atoms with Gasteiger partial charge in [-0.2, -0.15) is 0 Å². The number of rotatable bonds is 4. The van der Waals surface area contributed by atoms with Crippen LogP contribution >= 0.6 is 0 Å². The lowest BCUT2D eigenvalue weighted by atomic mass is 9.89. The Bertz CT molecular complexity index is 597. The van der Waals surface area contributed by atoms with Gasteiger partial charge in [0.05, 0.1) is 31.2 Å². The van der Waals surface area contributed by atoms with Gasteiger partial charge in [0.15, 0.2) is 0 Å². The van der Waals surface area contributed by atoms with Crippen LogP contribution in [0.3, 0.4) is 0 Å². The number of nitrogens with zero attached hydrogens (tertiary/aromatic N) is 2. The molecule has 2 saturated heterocycles. The van der Waals surface area contributed by atoms with Crippen LogP contribution in [0.2, 0.25) is 0 Å². The molecule has 3 heterocycles. The Kier molecular flexibility index (Phi) is 4.49. The van der Waals surface area contributed by atoms with E-state index >= 15 is 0 Å². The standard InChI is InChI=1S/C15H22N2O4S/c1-22(18,19)17-8-4-15(5-9-17)10-14(12-21-15)20-11-13-2-6-16-7-3-13/h2-3,6-7,14H,4-5,8-12H2,1H3. The van der Waals surface area contributed by atoms with Gasteiger partial charge in [-0.1, -0.05) is 0 Å². The van der Waals surface area contributed by atoms with Crippen LogP contribution in [0.5, 0.6) is 0 Å². The van der Waals surface area contributed by atoms with Gasteiger partial charge in [0.25, 0.3) is 0 Å². The number of sulfonamides is 1. The van der Waals surface area contributed by atoms with Crippen molar-refractivity contribution < 1.29 is 17.9 Å². The van der Waals surface area contributed by atoms with Crippen LogP contribution in [0.15, 0.2) is 24.5 Å². The summed E-state index contributed by atoms with van der Waals surface area (Å²) in [6, 6.07) is 3.88. The number of ether oxygens (including phenoxy) is 2. The highest BCUT2D eigenvalue weighted by Crippen LogP contribution is 2.37. The number of aromatic nitrogens is 1. The molecule has 3 rings (SSSR count). The van der Waals surface area contributed by atoms with Crippen LogP contribution in [0, 0.1) is 0 Å². The highest BCUT2D eigenvalue weighted by Gasteiger charge is 2.44. The van der Waals surface area contributed by atoms with E-state index in [0.29, 0.717) is 26.3 Å². The Morgan fingerprint density at radius 2 is 2.05 bits per heavy atom. The van der Waals surface area contributed by atoms with Gasteiger partial charge in [-0.25, -0.2) is 12.7 Å². The minimum Gasteiger partial charge on any atom is -0.372 e. The third-order valence-electron chi connectivity index (χ3n) is 4.51. The molecular weight excluding hydrogens is 304 g/mol. The largest absolute Gasteiger partial charge is 0.372 e. The highest BCUT2D eigenvalue weighted by molar-refractivity contribution is 7.88. The van der Waals surface area contributed by atoms with Crippen molar-refractivity contribution in [3.63, 3.8) is 0 Å². The molecule has 6 nitrogen and oxygen atoms in total. The summed E-state index contributed by atoms with van der Waals surface area (Å²) < 4.78 is 36.6. The molecule has 0 radical (unpaired) electrons. The third kappa shape index (κ3) is 3.65. The Morgan fingerprint density at radius 1 is 1.36 bits per heavy atom. The molecule has 2 fully saturated rings. The maximum atomic E-state index is 11.6. The van der Waals surface area contributed by atoms with Crippen LogP contribution in [-0.4, -0.2) is 55.4 Å². The molecule has 1 aromatic heterocycles. The van der Waals surface area contributed by atoms with Crippen molar-refractivity contribution in [2.24, 2.45) is 0 Å². The van der Waals surface area contributed by atoms with Crippen molar-refractivity contribution in [3.8, 4) is 0 Å². The van der Waals surface area contributed by atoms with Crippen LogP contribution < -0.4 is 0 Å². The Morgan fingerprint density at radius 3 is 2.68 bits per heavy atom. The molecular formula is C15H22N2O4S. The fourth-order valence-electron chi connectivity index (χ4n) is 3.18. The highest BCUT2D eigenvalue weighted by atomic mass is 32.2. The average molecular weight is 326 g/mol. The maximum absolute atomic E-state index is 11.6. The first-order valence-corrected chi connectivity index (χ1v) is 9.41. The third-order valence-corrected chi connectivity index (χ3v) is 5.82. The van der Waals surface area contributed by atoms with E-state index in [1.54, 1.807) is 12.4 Å². The molecule has 0 aromatic carbocycles. The molecule has 1 unspecified atom stereocenters. The first-order valence-electron chi connectivity index (χ1n) is 7.56. The second-order valence-corrected chi connectivity index (χ2v) is 8.13. The molecule has 1 spiro atoms. The lowest BCUT2D eigenvalue weighted by Crippen LogP contribution is -2.46. The van der Waals surface area contributed by atoms with Gasteiger partial charge < -0.3 is 9.47 Å². The smallest absolute Gasteiger partial charge is 0.211 e. The van der Waals surface area contributed by atoms with Gasteiger partial charge in [-0.3, -0.25) is 4.98 Å². The molecule has 1 aromatic rings.